The summed E-state index contributed by atoms with van der Waals surface area (Å²) in [7, 11) is -4.69. The number of carbonyl (C=O) groups is 1. The molecular weight excluding hydrogens is 301 g/mol. The minimum Gasteiger partial charge on any atom is -0.771 e. The van der Waals surface area contributed by atoms with Gasteiger partial charge in [-0.2, -0.15) is 0 Å². The molecule has 0 heterocycles. The maximum Gasteiger partial charge on any atom is 0.358 e. The summed E-state index contributed by atoms with van der Waals surface area (Å²) in [5, 5.41) is 0. The first kappa shape index (κ1) is 16.5. The van der Waals surface area contributed by atoms with E-state index in [4.69, 9.17) is 4.74 Å². The molecule has 2 unspecified atom stereocenters. The van der Waals surface area contributed by atoms with Gasteiger partial charge in [-0.3, -0.25) is 4.21 Å². The molecule has 112 valence electrons. The second kappa shape index (κ2) is 7.27. The molecule has 0 aromatic rings. The molecule has 0 saturated heterocycles. The summed E-state index contributed by atoms with van der Waals surface area (Å²) in [6.07, 6.45) is 3.38. The largest absolute Gasteiger partial charge is 0.771 e. The second-order valence-electron chi connectivity index (χ2n) is 4.15. The number of hydrogen-bond donors (Lipinski definition) is 1. The van der Waals surface area contributed by atoms with Crippen LogP contribution >= 0.6 is 0 Å². The lowest BCUT2D eigenvalue weighted by Crippen LogP contribution is -2.40. The van der Waals surface area contributed by atoms with Crippen molar-refractivity contribution in [2.45, 2.75) is 43.7 Å². The van der Waals surface area contributed by atoms with E-state index in [1.54, 1.807) is 0 Å². The minimum absolute atomic E-state index is 0.469. The third-order valence-corrected chi connectivity index (χ3v) is 4.52. The number of sulfonamides is 1. The summed E-state index contributed by atoms with van der Waals surface area (Å²) >= 11 is -2.71. The van der Waals surface area contributed by atoms with Gasteiger partial charge in [0.05, 0.1) is 5.88 Å². The number of carbonyl (C=O) groups excluding carboxylic acids is 1. The fourth-order valence-corrected chi connectivity index (χ4v) is 3.23. The molecule has 0 bridgehead atoms. The number of ether oxygens (including phenoxy) is 1. The van der Waals surface area contributed by atoms with Crippen molar-refractivity contribution in [1.82, 2.24) is 4.72 Å². The van der Waals surface area contributed by atoms with Crippen molar-refractivity contribution in [3.05, 3.63) is 0 Å². The molecule has 1 rings (SSSR count). The number of hydrogen-bond acceptors (Lipinski definition) is 6. The number of rotatable bonds is 6. The first-order chi connectivity index (χ1) is 8.83. The predicted molar refractivity (Wildman–Crippen MR) is 63.7 cm³/mol. The van der Waals surface area contributed by atoms with E-state index >= 15 is 0 Å². The zero-order valence-corrected chi connectivity index (χ0v) is 11.7. The molecule has 0 radical (unpaired) electrons. The van der Waals surface area contributed by atoms with Gasteiger partial charge in [0.25, 0.3) is 10.0 Å². The average molecular weight is 316 g/mol. The Balaban J connectivity index is 2.52. The molecule has 0 aliphatic heterocycles. The normalized spacial score (nSPS) is 20.7. The smallest absolute Gasteiger partial charge is 0.358 e. The van der Waals surface area contributed by atoms with Crippen LogP contribution < -0.4 is 4.72 Å². The summed E-state index contributed by atoms with van der Waals surface area (Å²) in [6.45, 7) is 0. The molecule has 1 saturated carbocycles. The fraction of sp³-hybridized carbons (Fsp3) is 0.889. The lowest BCUT2D eigenvalue weighted by Gasteiger charge is -2.22. The molecular formula is C9H15FNO6S2-. The molecule has 1 aliphatic carbocycles. The number of nitrogens with one attached hydrogen (secondary N) is 1. The van der Waals surface area contributed by atoms with E-state index in [1.807, 2.05) is 0 Å². The minimum atomic E-state index is -4.69. The number of halogens is 1. The summed E-state index contributed by atoms with van der Waals surface area (Å²) in [5.41, 5.74) is -2.92. The molecule has 10 heteroatoms. The highest BCUT2D eigenvalue weighted by atomic mass is 32.2. The van der Waals surface area contributed by atoms with Gasteiger partial charge in [-0.1, -0.05) is 6.42 Å². The van der Waals surface area contributed by atoms with Crippen LogP contribution in [0.25, 0.3) is 0 Å². The quantitative estimate of drug-likeness (QED) is 0.541. The zero-order valence-electron chi connectivity index (χ0n) is 10.0. The van der Waals surface area contributed by atoms with Gasteiger partial charge in [0, 0.05) is 0 Å². The van der Waals surface area contributed by atoms with Gasteiger partial charge >= 0.3 is 11.5 Å². The molecule has 0 spiro atoms. The Hall–Kier alpha value is -0.580. The maximum absolute atomic E-state index is 13.5. The highest BCUT2D eigenvalue weighted by Crippen LogP contribution is 2.21. The van der Waals surface area contributed by atoms with Gasteiger partial charge in [-0.25, -0.2) is 22.3 Å². The summed E-state index contributed by atoms with van der Waals surface area (Å²) in [4.78, 5) is 11.3. The Bertz CT molecular complexity index is 434. The highest BCUT2D eigenvalue weighted by Gasteiger charge is 2.35. The molecule has 1 N–H and O–H groups in total. The standard InChI is InChI=1S/C9H16FNO6S2/c10-8(19(15,16)11-6-18(13)14)9(12)17-7-4-2-1-3-5-7/h7-8,11H,1-6H2,(H,13,14)/p-1. The Morgan fingerprint density at radius 2 is 2.00 bits per heavy atom. The Morgan fingerprint density at radius 3 is 2.53 bits per heavy atom. The fourth-order valence-electron chi connectivity index (χ4n) is 1.73. The number of esters is 1. The molecule has 2 atom stereocenters. The number of alkyl halides is 1. The molecule has 7 nitrogen and oxygen atoms in total. The lowest BCUT2D eigenvalue weighted by atomic mass is 9.98. The van der Waals surface area contributed by atoms with Crippen molar-refractivity contribution < 1.29 is 31.1 Å². The third-order valence-electron chi connectivity index (χ3n) is 2.67. The van der Waals surface area contributed by atoms with Gasteiger partial charge < -0.3 is 9.29 Å². The van der Waals surface area contributed by atoms with E-state index in [0.717, 1.165) is 19.3 Å². The monoisotopic (exact) mass is 316 g/mol. The van der Waals surface area contributed by atoms with Crippen molar-refractivity contribution in [2.75, 3.05) is 5.88 Å². The summed E-state index contributed by atoms with van der Waals surface area (Å²) in [5.74, 6) is -2.49. The van der Waals surface area contributed by atoms with Crippen LogP contribution in [0.4, 0.5) is 4.39 Å². The molecule has 19 heavy (non-hydrogen) atoms. The first-order valence-corrected chi connectivity index (χ1v) is 8.51. The lowest BCUT2D eigenvalue weighted by molar-refractivity contribution is -0.153. The van der Waals surface area contributed by atoms with Crippen LogP contribution in [0, 0.1) is 0 Å². The van der Waals surface area contributed by atoms with Gasteiger partial charge in [0.2, 0.25) is 0 Å². The first-order valence-electron chi connectivity index (χ1n) is 5.72. The Labute approximate surface area is 113 Å². The van der Waals surface area contributed by atoms with Crippen molar-refractivity contribution in [3.8, 4) is 0 Å². The van der Waals surface area contributed by atoms with Gasteiger partial charge in [0.1, 0.15) is 6.10 Å². The predicted octanol–water partition coefficient (Wildman–Crippen LogP) is -0.0861. The highest BCUT2D eigenvalue weighted by molar-refractivity contribution is 7.91. The summed E-state index contributed by atoms with van der Waals surface area (Å²) in [6, 6.07) is 0. The van der Waals surface area contributed by atoms with Crippen LogP contribution in [0.3, 0.4) is 0 Å². The van der Waals surface area contributed by atoms with Crippen LogP contribution in [0.1, 0.15) is 32.1 Å². The van der Waals surface area contributed by atoms with Gasteiger partial charge in [0.15, 0.2) is 0 Å². The van der Waals surface area contributed by atoms with Crippen LogP contribution in [0.15, 0.2) is 0 Å². The topological polar surface area (TPSA) is 113 Å². The van der Waals surface area contributed by atoms with Crippen molar-refractivity contribution in [1.29, 1.82) is 0 Å². The zero-order chi connectivity index (χ0) is 14.5. The van der Waals surface area contributed by atoms with Crippen LogP contribution in [-0.4, -0.2) is 40.6 Å². The van der Waals surface area contributed by atoms with Crippen LogP contribution in [-0.2, 0) is 30.6 Å². The second-order valence-corrected chi connectivity index (χ2v) is 6.84. The van der Waals surface area contributed by atoms with Crippen LogP contribution in [0.5, 0.6) is 0 Å². The van der Waals surface area contributed by atoms with E-state index in [1.165, 1.54) is 4.72 Å². The van der Waals surface area contributed by atoms with Gasteiger partial charge in [-0.05, 0) is 36.8 Å². The molecule has 1 fully saturated rings. The molecule has 0 amide bonds. The van der Waals surface area contributed by atoms with E-state index in [-0.39, 0.29) is 0 Å². The van der Waals surface area contributed by atoms with Gasteiger partial charge in [-0.15, -0.1) is 0 Å². The average Bonchev–Trinajstić information content (AvgIpc) is 2.36. The van der Waals surface area contributed by atoms with E-state index in [9.17, 15) is 26.4 Å². The Kier molecular flexibility index (Phi) is 6.30. The van der Waals surface area contributed by atoms with Crippen molar-refractivity contribution in [2.24, 2.45) is 0 Å². The maximum atomic E-state index is 13.5. The molecule has 0 aromatic heterocycles. The van der Waals surface area contributed by atoms with Crippen LogP contribution in [0.2, 0.25) is 0 Å². The van der Waals surface area contributed by atoms with Crippen molar-refractivity contribution in [3.63, 3.8) is 0 Å². The molecule has 1 aliphatic rings. The van der Waals surface area contributed by atoms with E-state index in [2.05, 4.69) is 0 Å². The van der Waals surface area contributed by atoms with E-state index < -0.39 is 44.6 Å². The molecule has 0 aromatic carbocycles. The Morgan fingerprint density at radius 1 is 1.42 bits per heavy atom. The third kappa shape index (κ3) is 5.51. The van der Waals surface area contributed by atoms with Crippen molar-refractivity contribution >= 4 is 27.1 Å². The summed E-state index contributed by atoms with van der Waals surface area (Å²) < 4.78 is 62.6. The van der Waals surface area contributed by atoms with E-state index in [0.29, 0.717) is 12.8 Å². The SMILES string of the molecule is O=C(OC1CCCCC1)C(F)S(=O)(=O)NCS(=O)[O-].